The zero-order valence-electron chi connectivity index (χ0n) is 16.0. The lowest BCUT2D eigenvalue weighted by Gasteiger charge is -2.35. The molecule has 1 amide bonds. The van der Waals surface area contributed by atoms with Gasteiger partial charge in [-0.25, -0.2) is 0 Å². The second-order valence-electron chi connectivity index (χ2n) is 7.04. The Labute approximate surface area is 160 Å². The maximum absolute atomic E-state index is 11.1. The molecule has 1 aromatic rings. The van der Waals surface area contributed by atoms with Gasteiger partial charge in [0.05, 0.1) is 25.4 Å². The Morgan fingerprint density at radius 1 is 1.33 bits per heavy atom. The first-order chi connectivity index (χ1) is 13.2. The molecule has 0 aliphatic carbocycles. The van der Waals surface area contributed by atoms with Crippen LogP contribution in [-0.2, 0) is 16.0 Å². The summed E-state index contributed by atoms with van der Waals surface area (Å²) < 4.78 is 17.2. The molecule has 3 N–H and O–H groups in total. The largest absolute Gasteiger partial charge is 0.454 e. The number of furan rings is 1. The van der Waals surface area contributed by atoms with Gasteiger partial charge in [0.15, 0.2) is 11.7 Å². The smallest absolute Gasteiger partial charge is 0.284 e. The van der Waals surface area contributed by atoms with Gasteiger partial charge in [-0.1, -0.05) is 0 Å². The topological polar surface area (TPSA) is 102 Å². The number of piperidine rings is 1. The Balaban J connectivity index is 1.39. The fourth-order valence-corrected chi connectivity index (χ4v) is 3.52. The van der Waals surface area contributed by atoms with Crippen LogP contribution in [0.2, 0.25) is 0 Å². The van der Waals surface area contributed by atoms with Gasteiger partial charge in [0.25, 0.3) is 5.91 Å². The van der Waals surface area contributed by atoms with Crippen molar-refractivity contribution in [1.82, 2.24) is 10.2 Å². The summed E-state index contributed by atoms with van der Waals surface area (Å²) in [5, 5.41) is 3.28. The molecule has 2 fully saturated rings. The highest BCUT2D eigenvalue weighted by Gasteiger charge is 2.24. The summed E-state index contributed by atoms with van der Waals surface area (Å²) in [4.78, 5) is 17.7. The van der Waals surface area contributed by atoms with E-state index in [-0.39, 0.29) is 18.0 Å². The lowest BCUT2D eigenvalue weighted by Crippen LogP contribution is -2.47. The molecular weight excluding hydrogens is 348 g/mol. The summed E-state index contributed by atoms with van der Waals surface area (Å²) >= 11 is 0. The molecule has 2 saturated heterocycles. The van der Waals surface area contributed by atoms with Crippen LogP contribution >= 0.6 is 0 Å². The van der Waals surface area contributed by atoms with E-state index in [4.69, 9.17) is 19.6 Å². The number of primary amides is 1. The quantitative estimate of drug-likeness (QED) is 0.575. The summed E-state index contributed by atoms with van der Waals surface area (Å²) in [5.74, 6) is 1.07. The summed E-state index contributed by atoms with van der Waals surface area (Å²) in [5.41, 5.74) is 5.21. The van der Waals surface area contributed by atoms with Crippen molar-refractivity contribution in [2.75, 3.05) is 33.4 Å². The monoisotopic (exact) mass is 378 g/mol. The summed E-state index contributed by atoms with van der Waals surface area (Å²) in [6, 6.07) is 3.33. The number of guanidine groups is 1. The van der Waals surface area contributed by atoms with Gasteiger partial charge in [0.2, 0.25) is 0 Å². The van der Waals surface area contributed by atoms with Gasteiger partial charge in [-0.15, -0.1) is 0 Å². The molecule has 1 unspecified atom stereocenters. The molecule has 0 aromatic carbocycles. The van der Waals surface area contributed by atoms with Gasteiger partial charge < -0.3 is 29.8 Å². The highest BCUT2D eigenvalue weighted by Crippen LogP contribution is 2.18. The number of likely N-dealkylation sites (tertiary alicyclic amines) is 1. The van der Waals surface area contributed by atoms with Crippen molar-refractivity contribution in [3.63, 3.8) is 0 Å². The van der Waals surface area contributed by atoms with Crippen molar-refractivity contribution in [3.8, 4) is 0 Å². The number of nitrogens with zero attached hydrogens (tertiary/aromatic N) is 2. The Kier molecular flexibility index (Phi) is 7.11. The number of aliphatic imine (C=N–C) groups is 1. The molecule has 2 aliphatic heterocycles. The van der Waals surface area contributed by atoms with Gasteiger partial charge in [-0.3, -0.25) is 9.79 Å². The van der Waals surface area contributed by atoms with E-state index in [0.29, 0.717) is 18.9 Å². The fraction of sp³-hybridized carbons (Fsp3) is 0.684. The third-order valence-electron chi connectivity index (χ3n) is 5.07. The Morgan fingerprint density at radius 2 is 2.15 bits per heavy atom. The van der Waals surface area contributed by atoms with Gasteiger partial charge >= 0.3 is 0 Å². The first kappa shape index (κ1) is 19.7. The van der Waals surface area contributed by atoms with Gasteiger partial charge in [-0.05, 0) is 44.2 Å². The number of hydrogen-bond donors (Lipinski definition) is 2. The van der Waals surface area contributed by atoms with Crippen LogP contribution < -0.4 is 11.1 Å². The van der Waals surface area contributed by atoms with E-state index in [1.165, 1.54) is 12.8 Å². The molecular formula is C19H30N4O4. The van der Waals surface area contributed by atoms with Crippen LogP contribution in [0.1, 0.15) is 48.4 Å². The summed E-state index contributed by atoms with van der Waals surface area (Å²) in [6.45, 7) is 3.81. The molecule has 0 spiro atoms. The molecule has 1 aromatic heterocycles. The third-order valence-corrected chi connectivity index (χ3v) is 5.07. The molecule has 2 aliphatic rings. The third kappa shape index (κ3) is 5.71. The number of carbonyl (C=O) groups is 1. The van der Waals surface area contributed by atoms with Crippen molar-refractivity contribution in [2.45, 2.75) is 50.9 Å². The number of nitrogens with two attached hydrogens (primary N) is 1. The lowest BCUT2D eigenvalue weighted by molar-refractivity contribution is -0.0721. The number of rotatable bonds is 6. The molecule has 0 saturated carbocycles. The molecule has 8 nitrogen and oxygen atoms in total. The Hall–Kier alpha value is -2.06. The molecule has 27 heavy (non-hydrogen) atoms. The van der Waals surface area contributed by atoms with E-state index in [2.05, 4.69) is 15.2 Å². The van der Waals surface area contributed by atoms with Gasteiger partial charge in [0.1, 0.15) is 5.76 Å². The number of hydrogen-bond acceptors (Lipinski definition) is 5. The van der Waals surface area contributed by atoms with E-state index in [9.17, 15) is 4.79 Å². The predicted molar refractivity (Wildman–Crippen MR) is 102 cm³/mol. The lowest BCUT2D eigenvalue weighted by atomic mass is 10.1. The number of carbonyl (C=O) groups excluding carboxylic acids is 1. The minimum Gasteiger partial charge on any atom is -0.454 e. The van der Waals surface area contributed by atoms with Crippen molar-refractivity contribution in [3.05, 3.63) is 23.7 Å². The molecule has 0 radical (unpaired) electrons. The maximum atomic E-state index is 11.1. The van der Waals surface area contributed by atoms with Crippen molar-refractivity contribution in [1.29, 1.82) is 0 Å². The van der Waals surface area contributed by atoms with E-state index in [1.807, 2.05) is 0 Å². The zero-order valence-corrected chi connectivity index (χ0v) is 16.0. The Morgan fingerprint density at radius 3 is 2.78 bits per heavy atom. The first-order valence-corrected chi connectivity index (χ1v) is 9.73. The van der Waals surface area contributed by atoms with E-state index < -0.39 is 5.91 Å². The highest BCUT2D eigenvalue weighted by atomic mass is 16.5. The minimum atomic E-state index is -0.564. The van der Waals surface area contributed by atoms with E-state index in [1.54, 1.807) is 19.2 Å². The highest BCUT2D eigenvalue weighted by molar-refractivity contribution is 5.89. The second kappa shape index (κ2) is 9.75. The Bertz CT molecular complexity index is 631. The van der Waals surface area contributed by atoms with Crippen LogP contribution in [0, 0.1) is 0 Å². The van der Waals surface area contributed by atoms with Gasteiger partial charge in [0, 0.05) is 26.7 Å². The normalized spacial score (nSPS) is 22.0. The van der Waals surface area contributed by atoms with Crippen molar-refractivity contribution >= 4 is 11.9 Å². The van der Waals surface area contributed by atoms with Crippen LogP contribution in [0.25, 0.3) is 0 Å². The second-order valence-corrected chi connectivity index (χ2v) is 7.04. The van der Waals surface area contributed by atoms with Crippen LogP contribution in [0.4, 0.5) is 0 Å². The summed E-state index contributed by atoms with van der Waals surface area (Å²) in [7, 11) is 1.77. The molecule has 0 bridgehead atoms. The zero-order chi connectivity index (χ0) is 19.1. The van der Waals surface area contributed by atoms with Crippen LogP contribution in [0.5, 0.6) is 0 Å². The number of amides is 1. The van der Waals surface area contributed by atoms with E-state index >= 15 is 0 Å². The molecule has 3 rings (SSSR count). The summed E-state index contributed by atoms with van der Waals surface area (Å²) in [6.07, 6.45) is 6.02. The molecule has 1 atom stereocenters. The van der Waals surface area contributed by atoms with Crippen molar-refractivity contribution in [2.24, 2.45) is 10.7 Å². The number of nitrogens with one attached hydrogen (secondary N) is 1. The maximum Gasteiger partial charge on any atom is 0.284 e. The predicted octanol–water partition coefficient (Wildman–Crippen LogP) is 1.50. The molecule has 3 heterocycles. The van der Waals surface area contributed by atoms with Crippen molar-refractivity contribution < 1.29 is 18.7 Å². The first-order valence-electron chi connectivity index (χ1n) is 9.73. The SMILES string of the molecule is CN=C(NCc1ccc(C(N)=O)o1)N1CCC(OCC2CCCCO2)CC1. The average Bonchev–Trinajstić information content (AvgIpc) is 3.18. The van der Waals surface area contributed by atoms with Crippen LogP contribution in [-0.4, -0.2) is 62.3 Å². The number of ether oxygens (including phenoxy) is 2. The van der Waals surface area contributed by atoms with E-state index in [0.717, 1.165) is 44.9 Å². The van der Waals surface area contributed by atoms with Crippen LogP contribution in [0.15, 0.2) is 21.5 Å². The standard InChI is InChI=1S/C19H30N4O4/c1-21-19(22-12-15-5-6-17(27-15)18(20)24)23-9-7-14(8-10-23)26-13-16-4-2-3-11-25-16/h5-6,14,16H,2-4,7-13H2,1H3,(H2,20,24)(H,21,22). The van der Waals surface area contributed by atoms with Crippen LogP contribution in [0.3, 0.4) is 0 Å². The minimum absolute atomic E-state index is 0.168. The van der Waals surface area contributed by atoms with Gasteiger partial charge in [-0.2, -0.15) is 0 Å². The molecule has 150 valence electrons. The molecule has 8 heteroatoms. The average molecular weight is 378 g/mol. The fourth-order valence-electron chi connectivity index (χ4n) is 3.52.